The summed E-state index contributed by atoms with van der Waals surface area (Å²) < 4.78 is 0. The first-order chi connectivity index (χ1) is 6.16. The van der Waals surface area contributed by atoms with Gasteiger partial charge in [-0.15, -0.1) is 0 Å². The fourth-order valence-electron chi connectivity index (χ4n) is 1.43. The molecule has 0 aromatic heterocycles. The highest BCUT2D eigenvalue weighted by Crippen LogP contribution is 2.29. The molecule has 66 valence electrons. The Labute approximate surface area is 75.0 Å². The van der Waals surface area contributed by atoms with Crippen molar-refractivity contribution in [3.63, 3.8) is 0 Å². The van der Waals surface area contributed by atoms with E-state index in [1.54, 1.807) is 12.1 Å². The van der Waals surface area contributed by atoms with E-state index in [4.69, 9.17) is 0 Å². The minimum Gasteiger partial charge on any atom is -0.359 e. The summed E-state index contributed by atoms with van der Waals surface area (Å²) in [5.74, 6) is 0. The summed E-state index contributed by atoms with van der Waals surface area (Å²) in [6.45, 7) is 3.76. The molecule has 4 heteroatoms. The first-order valence-electron chi connectivity index (χ1n) is 3.89. The van der Waals surface area contributed by atoms with Crippen molar-refractivity contribution in [2.45, 2.75) is 6.42 Å². The quantitative estimate of drug-likeness (QED) is 0.526. The summed E-state index contributed by atoms with van der Waals surface area (Å²) in [4.78, 5) is 10.1. The lowest BCUT2D eigenvalue weighted by Crippen LogP contribution is -1.89. The monoisotopic (exact) mass is 176 g/mol. The van der Waals surface area contributed by atoms with Crippen molar-refractivity contribution in [1.82, 2.24) is 0 Å². The molecular formula is C9H8N2O2. The van der Waals surface area contributed by atoms with E-state index in [1.165, 1.54) is 6.07 Å². The summed E-state index contributed by atoms with van der Waals surface area (Å²) in [7, 11) is 0. The minimum atomic E-state index is -0.388. The fraction of sp³-hybridized carbons (Fsp3) is 0.111. The third-order valence-corrected chi connectivity index (χ3v) is 2.01. The average molecular weight is 176 g/mol. The first-order valence-corrected chi connectivity index (χ1v) is 3.89. The molecule has 0 bridgehead atoms. The fourth-order valence-corrected chi connectivity index (χ4v) is 1.43. The normalized spacial score (nSPS) is 13.7. The van der Waals surface area contributed by atoms with Crippen LogP contribution in [-0.4, -0.2) is 4.92 Å². The van der Waals surface area contributed by atoms with Crippen molar-refractivity contribution in [2.75, 3.05) is 5.32 Å². The number of nitro groups is 1. The Balaban J connectivity index is 2.45. The Morgan fingerprint density at radius 2 is 2.31 bits per heavy atom. The molecule has 0 amide bonds. The minimum absolute atomic E-state index is 0.134. The van der Waals surface area contributed by atoms with Crippen LogP contribution in [0.2, 0.25) is 0 Å². The topological polar surface area (TPSA) is 55.2 Å². The van der Waals surface area contributed by atoms with Gasteiger partial charge in [0.2, 0.25) is 0 Å². The van der Waals surface area contributed by atoms with Crippen molar-refractivity contribution in [3.8, 4) is 0 Å². The smallest absolute Gasteiger partial charge is 0.269 e. The molecule has 0 fully saturated rings. The largest absolute Gasteiger partial charge is 0.359 e. The van der Waals surface area contributed by atoms with Gasteiger partial charge in [-0.1, -0.05) is 6.58 Å². The van der Waals surface area contributed by atoms with Gasteiger partial charge in [-0.05, 0) is 11.6 Å². The molecule has 1 aromatic rings. The predicted octanol–water partition coefficient (Wildman–Crippen LogP) is 2.08. The first kappa shape index (κ1) is 7.79. The van der Waals surface area contributed by atoms with Crippen molar-refractivity contribution < 1.29 is 4.92 Å². The molecule has 4 nitrogen and oxygen atoms in total. The van der Waals surface area contributed by atoms with Gasteiger partial charge in [0.05, 0.1) is 4.92 Å². The summed E-state index contributed by atoms with van der Waals surface area (Å²) in [6, 6.07) is 4.79. The number of nitrogens with one attached hydrogen (secondary N) is 1. The number of allylic oxidation sites excluding steroid dienone is 1. The standard InChI is InChI=1S/C9H8N2O2/c1-6-4-7-5-8(11(12)13)2-3-9(7)10-6/h2-3,5,10H,1,4H2. The molecular weight excluding hydrogens is 168 g/mol. The number of hydrogen-bond donors (Lipinski definition) is 1. The van der Waals surface area contributed by atoms with Crippen LogP contribution in [-0.2, 0) is 6.42 Å². The summed E-state index contributed by atoms with van der Waals surface area (Å²) in [5.41, 5.74) is 2.89. The average Bonchev–Trinajstić information content (AvgIpc) is 2.42. The van der Waals surface area contributed by atoms with Gasteiger partial charge in [0.1, 0.15) is 0 Å². The molecule has 0 saturated heterocycles. The molecule has 1 aromatic carbocycles. The molecule has 1 heterocycles. The lowest BCUT2D eigenvalue weighted by atomic mass is 10.1. The Kier molecular flexibility index (Phi) is 1.55. The van der Waals surface area contributed by atoms with Crippen LogP contribution in [0.25, 0.3) is 0 Å². The van der Waals surface area contributed by atoms with Crippen molar-refractivity contribution >= 4 is 11.4 Å². The number of hydrogen-bond acceptors (Lipinski definition) is 3. The van der Waals surface area contributed by atoms with Crippen molar-refractivity contribution in [2.24, 2.45) is 0 Å². The zero-order valence-electron chi connectivity index (χ0n) is 6.91. The molecule has 0 atom stereocenters. The van der Waals surface area contributed by atoms with Crippen LogP contribution in [0, 0.1) is 10.1 Å². The van der Waals surface area contributed by atoms with Gasteiger partial charge in [0, 0.05) is 29.9 Å². The molecule has 2 rings (SSSR count). The molecule has 0 aliphatic carbocycles. The third-order valence-electron chi connectivity index (χ3n) is 2.01. The molecule has 0 unspecified atom stereocenters. The number of nitro benzene ring substituents is 1. The second kappa shape index (κ2) is 2.58. The Morgan fingerprint density at radius 3 is 3.00 bits per heavy atom. The van der Waals surface area contributed by atoms with Crippen LogP contribution in [0.1, 0.15) is 5.56 Å². The zero-order chi connectivity index (χ0) is 9.42. The van der Waals surface area contributed by atoms with E-state index in [-0.39, 0.29) is 10.6 Å². The van der Waals surface area contributed by atoms with Crippen molar-refractivity contribution in [3.05, 3.63) is 46.2 Å². The molecule has 13 heavy (non-hydrogen) atoms. The Bertz CT molecular complexity index is 399. The SMILES string of the molecule is C=C1Cc2cc([N+](=O)[O-])ccc2N1. The van der Waals surface area contributed by atoms with Crippen molar-refractivity contribution in [1.29, 1.82) is 0 Å². The molecule has 1 N–H and O–H groups in total. The van der Waals surface area contributed by atoms with E-state index in [1.807, 2.05) is 0 Å². The number of fused-ring (bicyclic) bond motifs is 1. The van der Waals surface area contributed by atoms with Crippen LogP contribution in [0.15, 0.2) is 30.5 Å². The van der Waals surface area contributed by atoms with Crippen LogP contribution >= 0.6 is 0 Å². The van der Waals surface area contributed by atoms with Gasteiger partial charge in [-0.3, -0.25) is 10.1 Å². The summed E-state index contributed by atoms with van der Waals surface area (Å²) >= 11 is 0. The number of benzene rings is 1. The molecule has 0 saturated carbocycles. The van der Waals surface area contributed by atoms with Gasteiger partial charge in [-0.25, -0.2) is 0 Å². The predicted molar refractivity (Wildman–Crippen MR) is 49.6 cm³/mol. The van der Waals surface area contributed by atoms with E-state index < -0.39 is 0 Å². The highest BCUT2D eigenvalue weighted by molar-refractivity contribution is 5.64. The van der Waals surface area contributed by atoms with Gasteiger partial charge in [0.25, 0.3) is 5.69 Å². The number of rotatable bonds is 1. The molecule has 1 aliphatic heterocycles. The highest BCUT2D eigenvalue weighted by atomic mass is 16.6. The Morgan fingerprint density at radius 1 is 1.54 bits per heavy atom. The van der Waals surface area contributed by atoms with Crippen LogP contribution in [0.3, 0.4) is 0 Å². The van der Waals surface area contributed by atoms with E-state index in [9.17, 15) is 10.1 Å². The molecule has 0 spiro atoms. The molecule has 0 radical (unpaired) electrons. The van der Waals surface area contributed by atoms with E-state index in [0.29, 0.717) is 6.42 Å². The summed E-state index contributed by atoms with van der Waals surface area (Å²) in [5, 5.41) is 13.5. The second-order valence-electron chi connectivity index (χ2n) is 3.00. The van der Waals surface area contributed by atoms with E-state index in [2.05, 4.69) is 11.9 Å². The lowest BCUT2D eigenvalue weighted by Gasteiger charge is -1.97. The van der Waals surface area contributed by atoms with Gasteiger partial charge in [0.15, 0.2) is 0 Å². The van der Waals surface area contributed by atoms with Crippen LogP contribution in [0.4, 0.5) is 11.4 Å². The maximum absolute atomic E-state index is 10.4. The van der Waals surface area contributed by atoms with E-state index in [0.717, 1.165) is 16.9 Å². The summed E-state index contributed by atoms with van der Waals surface area (Å²) in [6.07, 6.45) is 0.678. The second-order valence-corrected chi connectivity index (χ2v) is 3.00. The maximum Gasteiger partial charge on any atom is 0.269 e. The van der Waals surface area contributed by atoms with Gasteiger partial charge in [-0.2, -0.15) is 0 Å². The maximum atomic E-state index is 10.4. The zero-order valence-corrected chi connectivity index (χ0v) is 6.91. The third kappa shape index (κ3) is 1.26. The number of anilines is 1. The van der Waals surface area contributed by atoms with Gasteiger partial charge < -0.3 is 5.32 Å². The Hall–Kier alpha value is -1.84. The van der Waals surface area contributed by atoms with E-state index >= 15 is 0 Å². The number of nitrogens with zero attached hydrogens (tertiary/aromatic N) is 1. The number of non-ortho nitro benzene ring substituents is 1. The molecule has 1 aliphatic rings. The van der Waals surface area contributed by atoms with Gasteiger partial charge >= 0.3 is 0 Å². The van der Waals surface area contributed by atoms with Crippen LogP contribution in [0.5, 0.6) is 0 Å². The highest BCUT2D eigenvalue weighted by Gasteiger charge is 2.16. The lowest BCUT2D eigenvalue weighted by molar-refractivity contribution is -0.384. The van der Waals surface area contributed by atoms with Crippen LogP contribution < -0.4 is 5.32 Å².